The molecule has 0 aliphatic heterocycles. The second kappa shape index (κ2) is 9.54. The number of nitrogens with zero attached hydrogens (tertiary/aromatic N) is 3. The zero-order valence-electron chi connectivity index (χ0n) is 25.9. The second-order valence-electron chi connectivity index (χ2n) is 12.8. The van der Waals surface area contributed by atoms with Crippen LogP contribution in [0.4, 0.5) is 0 Å². The van der Waals surface area contributed by atoms with Crippen molar-refractivity contribution in [3.8, 4) is 22.5 Å². The van der Waals surface area contributed by atoms with Crippen LogP contribution in [0.5, 0.6) is 0 Å². The predicted octanol–water partition coefficient (Wildman–Crippen LogP) is 11.8. The van der Waals surface area contributed by atoms with Crippen molar-refractivity contribution in [2.45, 2.75) is 0 Å². The summed E-state index contributed by atoms with van der Waals surface area (Å²) in [6, 6.07) is 55.4. The number of aromatic nitrogens is 3. The number of benzene rings is 8. The molecule has 48 heavy (non-hydrogen) atoms. The van der Waals surface area contributed by atoms with Gasteiger partial charge in [0.2, 0.25) is 0 Å². The van der Waals surface area contributed by atoms with E-state index in [1.54, 1.807) is 0 Å². The molecular formula is C45H27N3. The first-order valence-electron chi connectivity index (χ1n) is 16.5. The maximum atomic E-state index is 4.59. The fourth-order valence-electron chi connectivity index (χ4n) is 8.33. The summed E-state index contributed by atoms with van der Waals surface area (Å²) in [5.74, 6) is 0. The molecule has 8 aromatic carbocycles. The van der Waals surface area contributed by atoms with Crippen molar-refractivity contribution in [3.63, 3.8) is 0 Å². The molecule has 0 fully saturated rings. The number of hydrogen-bond acceptors (Lipinski definition) is 1. The van der Waals surface area contributed by atoms with Gasteiger partial charge in [-0.2, -0.15) is 0 Å². The van der Waals surface area contributed by atoms with E-state index in [0.29, 0.717) is 0 Å². The van der Waals surface area contributed by atoms with Crippen molar-refractivity contribution in [1.29, 1.82) is 0 Å². The highest BCUT2D eigenvalue weighted by molar-refractivity contribution is 6.34. The van der Waals surface area contributed by atoms with E-state index in [1.807, 2.05) is 12.4 Å². The van der Waals surface area contributed by atoms with Crippen molar-refractivity contribution < 1.29 is 0 Å². The Morgan fingerprint density at radius 2 is 1.02 bits per heavy atom. The van der Waals surface area contributed by atoms with Crippen LogP contribution in [0.3, 0.4) is 0 Å². The average Bonchev–Trinajstić information content (AvgIpc) is 3.67. The molecule has 0 aliphatic rings. The normalized spacial score (nSPS) is 12.2. The lowest BCUT2D eigenvalue weighted by Gasteiger charge is -2.16. The fraction of sp³-hybridized carbons (Fsp3) is 0. The Morgan fingerprint density at radius 3 is 1.85 bits per heavy atom. The summed E-state index contributed by atoms with van der Waals surface area (Å²) in [5, 5.41) is 12.7. The summed E-state index contributed by atoms with van der Waals surface area (Å²) < 4.78 is 4.76. The van der Waals surface area contributed by atoms with Gasteiger partial charge in [-0.15, -0.1) is 0 Å². The van der Waals surface area contributed by atoms with Crippen molar-refractivity contribution in [1.82, 2.24) is 14.1 Å². The molecule has 0 atom stereocenters. The van der Waals surface area contributed by atoms with Gasteiger partial charge >= 0.3 is 0 Å². The number of hydrogen-bond donors (Lipinski definition) is 0. The van der Waals surface area contributed by atoms with Crippen LogP contribution in [-0.4, -0.2) is 14.1 Å². The van der Waals surface area contributed by atoms with Crippen molar-refractivity contribution >= 4 is 75.9 Å². The van der Waals surface area contributed by atoms with Crippen molar-refractivity contribution in [2.24, 2.45) is 0 Å². The Hall–Kier alpha value is -6.45. The number of fused-ring (bicyclic) bond motifs is 7. The minimum Gasteiger partial charge on any atom is -0.309 e. The molecule has 3 nitrogen and oxygen atoms in total. The monoisotopic (exact) mass is 609 g/mol. The molecule has 0 amide bonds. The van der Waals surface area contributed by atoms with E-state index in [1.165, 1.54) is 92.7 Å². The molecule has 3 heterocycles. The molecule has 222 valence electrons. The van der Waals surface area contributed by atoms with Gasteiger partial charge < -0.3 is 9.13 Å². The number of pyridine rings is 1. The molecule has 0 radical (unpaired) electrons. The van der Waals surface area contributed by atoms with E-state index in [-0.39, 0.29) is 0 Å². The first-order chi connectivity index (χ1) is 23.8. The van der Waals surface area contributed by atoms with Gasteiger partial charge in [0.15, 0.2) is 0 Å². The van der Waals surface area contributed by atoms with Crippen LogP contribution in [0.1, 0.15) is 0 Å². The first kappa shape index (κ1) is 25.7. The summed E-state index contributed by atoms with van der Waals surface area (Å²) in [6.45, 7) is 0. The highest BCUT2D eigenvalue weighted by Crippen LogP contribution is 2.45. The molecule has 0 aliphatic carbocycles. The smallest absolute Gasteiger partial charge is 0.0572 e. The third-order valence-corrected chi connectivity index (χ3v) is 10.3. The molecule has 11 aromatic rings. The third kappa shape index (κ3) is 3.40. The van der Waals surface area contributed by atoms with Crippen LogP contribution in [0, 0.1) is 0 Å². The number of rotatable bonds is 3. The van der Waals surface area contributed by atoms with Gasteiger partial charge in [-0.25, -0.2) is 0 Å². The van der Waals surface area contributed by atoms with Crippen LogP contribution < -0.4 is 0 Å². The standard InChI is InChI=1S/C45H27N3/c1-3-9-31(10-4-1)47-39-14-8-7-13-34(39)37-25-29(18-22-40(37)47)33-19-15-28-16-21-36-44-30(17-20-35(33)43(28)44)26-42-45(36)38-27-46-24-23-41(38)48(42)32-11-5-2-6-12-32/h1-27H. The molecular weight excluding hydrogens is 583 g/mol. The molecule has 11 rings (SSSR count). The van der Waals surface area contributed by atoms with E-state index in [9.17, 15) is 0 Å². The Labute approximate surface area is 275 Å². The molecule has 0 bridgehead atoms. The van der Waals surface area contributed by atoms with Crippen LogP contribution in [0.25, 0.3) is 98.4 Å². The Bertz CT molecular complexity index is 3040. The third-order valence-electron chi connectivity index (χ3n) is 10.3. The lowest BCUT2D eigenvalue weighted by Crippen LogP contribution is -1.94. The summed E-state index contributed by atoms with van der Waals surface area (Å²) in [6.07, 6.45) is 3.93. The minimum atomic E-state index is 1.16. The minimum absolute atomic E-state index is 1.16. The van der Waals surface area contributed by atoms with Crippen LogP contribution >= 0.6 is 0 Å². The zero-order chi connectivity index (χ0) is 31.3. The van der Waals surface area contributed by atoms with Crippen LogP contribution in [-0.2, 0) is 0 Å². The van der Waals surface area contributed by atoms with E-state index < -0.39 is 0 Å². The Kier molecular flexibility index (Phi) is 5.11. The van der Waals surface area contributed by atoms with Crippen molar-refractivity contribution in [2.75, 3.05) is 0 Å². The first-order valence-corrected chi connectivity index (χ1v) is 16.5. The van der Waals surface area contributed by atoms with Crippen LogP contribution in [0.2, 0.25) is 0 Å². The molecule has 0 unspecified atom stereocenters. The molecule has 3 heteroatoms. The molecule has 3 aromatic heterocycles. The van der Waals surface area contributed by atoms with Gasteiger partial charge in [0.05, 0.1) is 22.1 Å². The maximum Gasteiger partial charge on any atom is 0.0572 e. The maximum absolute atomic E-state index is 4.59. The van der Waals surface area contributed by atoms with Crippen molar-refractivity contribution in [3.05, 3.63) is 164 Å². The SMILES string of the molecule is c1ccc(-n2c3ccccc3c3cc(-c4ccc5ccc6c7c(ccc4c57)cc4c6c5cnccc5n4-c4ccccc4)ccc32)cc1. The van der Waals surface area contributed by atoms with Gasteiger partial charge in [0.1, 0.15) is 0 Å². The van der Waals surface area contributed by atoms with Gasteiger partial charge in [-0.3, -0.25) is 4.98 Å². The zero-order valence-corrected chi connectivity index (χ0v) is 25.9. The highest BCUT2D eigenvalue weighted by atomic mass is 15.0. The van der Waals surface area contributed by atoms with Crippen LogP contribution in [0.15, 0.2) is 164 Å². The van der Waals surface area contributed by atoms with Gasteiger partial charge in [-0.05, 0) is 98.0 Å². The topological polar surface area (TPSA) is 22.8 Å². The largest absolute Gasteiger partial charge is 0.309 e. The van der Waals surface area contributed by atoms with E-state index in [4.69, 9.17) is 0 Å². The lowest BCUT2D eigenvalue weighted by atomic mass is 9.88. The van der Waals surface area contributed by atoms with E-state index >= 15 is 0 Å². The Balaban J connectivity index is 1.20. The van der Waals surface area contributed by atoms with Gasteiger partial charge in [0, 0.05) is 45.3 Å². The number of para-hydroxylation sites is 3. The van der Waals surface area contributed by atoms with E-state index in [2.05, 4.69) is 166 Å². The van der Waals surface area contributed by atoms with Gasteiger partial charge in [-0.1, -0.05) is 97.1 Å². The Morgan fingerprint density at radius 1 is 0.375 bits per heavy atom. The second-order valence-corrected chi connectivity index (χ2v) is 12.8. The van der Waals surface area contributed by atoms with E-state index in [0.717, 1.165) is 5.69 Å². The lowest BCUT2D eigenvalue weighted by molar-refractivity contribution is 1.18. The molecule has 0 spiro atoms. The predicted molar refractivity (Wildman–Crippen MR) is 202 cm³/mol. The molecule has 0 saturated carbocycles. The average molecular weight is 610 g/mol. The summed E-state index contributed by atoms with van der Waals surface area (Å²) in [4.78, 5) is 4.59. The summed E-state index contributed by atoms with van der Waals surface area (Å²) >= 11 is 0. The fourth-order valence-corrected chi connectivity index (χ4v) is 8.33. The molecule has 0 N–H and O–H groups in total. The highest BCUT2D eigenvalue weighted by Gasteiger charge is 2.20. The summed E-state index contributed by atoms with van der Waals surface area (Å²) in [5.41, 5.74) is 9.63. The molecule has 0 saturated heterocycles. The summed E-state index contributed by atoms with van der Waals surface area (Å²) in [7, 11) is 0. The quantitative estimate of drug-likeness (QED) is 0.183. The van der Waals surface area contributed by atoms with Gasteiger partial charge in [0.25, 0.3) is 0 Å².